The van der Waals surface area contributed by atoms with Gasteiger partial charge in [0.15, 0.2) is 0 Å². The number of nitrogens with two attached hydrogens (primary N) is 1. The predicted octanol–water partition coefficient (Wildman–Crippen LogP) is 1.12. The molecule has 2 aromatic heterocycles. The molecular formula is C12H16N4O3S. The van der Waals surface area contributed by atoms with Gasteiger partial charge in [0.25, 0.3) is 0 Å². The highest BCUT2D eigenvalue weighted by Crippen LogP contribution is 2.33. The molecule has 1 atom stereocenters. The number of aromatic nitrogens is 2. The highest BCUT2D eigenvalue weighted by Gasteiger charge is 2.22. The summed E-state index contributed by atoms with van der Waals surface area (Å²) in [4.78, 5) is 9.46. The number of thiophene rings is 1. The molecule has 0 saturated carbocycles. The zero-order chi connectivity index (χ0) is 14.5. The smallest absolute Gasteiger partial charge is 0.240 e. The van der Waals surface area contributed by atoms with Crippen molar-refractivity contribution in [1.82, 2.24) is 15.4 Å². The van der Waals surface area contributed by atoms with E-state index < -0.39 is 0 Å². The van der Waals surface area contributed by atoms with Gasteiger partial charge in [0, 0.05) is 10.3 Å². The van der Waals surface area contributed by atoms with Crippen LogP contribution in [0.4, 0.5) is 0 Å². The zero-order valence-electron chi connectivity index (χ0n) is 11.4. The van der Waals surface area contributed by atoms with Crippen LogP contribution >= 0.6 is 11.3 Å². The Kier molecular flexibility index (Phi) is 4.72. The summed E-state index contributed by atoms with van der Waals surface area (Å²) in [5, 5.41) is 1.89. The van der Waals surface area contributed by atoms with Crippen molar-refractivity contribution >= 4 is 11.3 Å². The fraction of sp³-hybridized carbons (Fsp3) is 0.333. The maximum absolute atomic E-state index is 5.64. The number of ether oxygens (including phenoxy) is 3. The van der Waals surface area contributed by atoms with Crippen molar-refractivity contribution in [2.45, 2.75) is 6.04 Å². The summed E-state index contributed by atoms with van der Waals surface area (Å²) in [7, 11) is 4.66. The molecule has 0 amide bonds. The molecule has 0 spiro atoms. The first-order valence-corrected chi connectivity index (χ1v) is 6.65. The Balaban J connectivity index is 2.40. The Morgan fingerprint density at radius 1 is 1.25 bits per heavy atom. The third kappa shape index (κ3) is 2.82. The predicted molar refractivity (Wildman–Crippen MR) is 75.2 cm³/mol. The van der Waals surface area contributed by atoms with Gasteiger partial charge in [-0.1, -0.05) is 0 Å². The molecule has 3 N–H and O–H groups in total. The Labute approximate surface area is 120 Å². The number of hydrazine groups is 1. The minimum Gasteiger partial charge on any atom is -0.496 e. The summed E-state index contributed by atoms with van der Waals surface area (Å²) in [5.41, 5.74) is 3.30. The fourth-order valence-electron chi connectivity index (χ4n) is 1.70. The standard InChI is InChI=1S/C12H16N4O3S/c1-17-7-4-8(20-6-7)10(16-13)11-12(19-3)15-9(18-2)5-14-11/h4-6,10,16H,13H2,1-3H3. The summed E-state index contributed by atoms with van der Waals surface area (Å²) in [6.07, 6.45) is 1.52. The van der Waals surface area contributed by atoms with Crippen LogP contribution in [0.25, 0.3) is 0 Å². The van der Waals surface area contributed by atoms with Crippen molar-refractivity contribution in [2.75, 3.05) is 21.3 Å². The van der Waals surface area contributed by atoms with Crippen LogP contribution in [0.5, 0.6) is 17.5 Å². The SMILES string of the molecule is COc1csc(C(NN)c2ncc(OC)nc2OC)c1. The van der Waals surface area contributed by atoms with E-state index in [0.717, 1.165) is 10.6 Å². The largest absolute Gasteiger partial charge is 0.496 e. The van der Waals surface area contributed by atoms with Gasteiger partial charge in [0.2, 0.25) is 11.8 Å². The third-order valence-corrected chi connectivity index (χ3v) is 3.68. The topological polar surface area (TPSA) is 91.5 Å². The number of nitrogens with zero attached hydrogens (tertiary/aromatic N) is 2. The van der Waals surface area contributed by atoms with Gasteiger partial charge in [-0.05, 0) is 6.07 Å². The molecule has 0 aliphatic rings. The molecule has 2 rings (SSSR count). The van der Waals surface area contributed by atoms with Crippen molar-refractivity contribution in [2.24, 2.45) is 5.84 Å². The number of hydrogen-bond acceptors (Lipinski definition) is 8. The van der Waals surface area contributed by atoms with Gasteiger partial charge in [-0.15, -0.1) is 11.3 Å². The molecule has 0 saturated heterocycles. The molecule has 0 bridgehead atoms. The summed E-state index contributed by atoms with van der Waals surface area (Å²) >= 11 is 1.51. The molecule has 0 fully saturated rings. The average Bonchev–Trinajstić information content (AvgIpc) is 2.97. The summed E-state index contributed by atoms with van der Waals surface area (Å²) in [5.74, 6) is 7.15. The van der Waals surface area contributed by atoms with E-state index in [9.17, 15) is 0 Å². The lowest BCUT2D eigenvalue weighted by molar-refractivity contribution is 0.352. The van der Waals surface area contributed by atoms with E-state index in [2.05, 4.69) is 15.4 Å². The quantitative estimate of drug-likeness (QED) is 0.609. The molecule has 0 aromatic carbocycles. The molecule has 0 aliphatic heterocycles. The van der Waals surface area contributed by atoms with E-state index in [-0.39, 0.29) is 6.04 Å². The van der Waals surface area contributed by atoms with Crippen LogP contribution in [0.1, 0.15) is 16.6 Å². The third-order valence-electron chi connectivity index (χ3n) is 2.70. The molecule has 8 heteroatoms. The van der Waals surface area contributed by atoms with Crippen LogP contribution in [-0.4, -0.2) is 31.3 Å². The summed E-state index contributed by atoms with van der Waals surface area (Å²) < 4.78 is 15.5. The van der Waals surface area contributed by atoms with Crippen molar-refractivity contribution in [3.63, 3.8) is 0 Å². The summed E-state index contributed by atoms with van der Waals surface area (Å²) in [6.45, 7) is 0. The lowest BCUT2D eigenvalue weighted by atomic mass is 10.2. The van der Waals surface area contributed by atoms with E-state index in [1.165, 1.54) is 31.8 Å². The Morgan fingerprint density at radius 3 is 2.60 bits per heavy atom. The fourth-order valence-corrected chi connectivity index (χ4v) is 2.62. The minimum absolute atomic E-state index is 0.336. The van der Waals surface area contributed by atoms with Gasteiger partial charge < -0.3 is 14.2 Å². The van der Waals surface area contributed by atoms with Gasteiger partial charge >= 0.3 is 0 Å². The van der Waals surface area contributed by atoms with E-state index in [1.54, 1.807) is 7.11 Å². The molecule has 1 unspecified atom stereocenters. The van der Waals surface area contributed by atoms with Gasteiger partial charge in [-0.2, -0.15) is 4.98 Å². The molecule has 2 aromatic rings. The molecule has 108 valence electrons. The zero-order valence-corrected chi connectivity index (χ0v) is 12.2. The van der Waals surface area contributed by atoms with E-state index in [1.807, 2.05) is 11.4 Å². The van der Waals surface area contributed by atoms with Crippen LogP contribution in [0.15, 0.2) is 17.6 Å². The number of hydrogen-bond donors (Lipinski definition) is 2. The van der Waals surface area contributed by atoms with Crippen LogP contribution in [-0.2, 0) is 0 Å². The van der Waals surface area contributed by atoms with Crippen molar-refractivity contribution in [3.8, 4) is 17.5 Å². The average molecular weight is 296 g/mol. The van der Waals surface area contributed by atoms with Crippen LogP contribution in [0.2, 0.25) is 0 Å². The molecule has 7 nitrogen and oxygen atoms in total. The van der Waals surface area contributed by atoms with E-state index in [0.29, 0.717) is 17.5 Å². The van der Waals surface area contributed by atoms with Gasteiger partial charge in [0.1, 0.15) is 17.5 Å². The first kappa shape index (κ1) is 14.5. The van der Waals surface area contributed by atoms with Gasteiger partial charge in [-0.3, -0.25) is 5.84 Å². The van der Waals surface area contributed by atoms with Crippen LogP contribution in [0, 0.1) is 0 Å². The van der Waals surface area contributed by atoms with E-state index >= 15 is 0 Å². The van der Waals surface area contributed by atoms with E-state index in [4.69, 9.17) is 20.1 Å². The van der Waals surface area contributed by atoms with Crippen LogP contribution in [0.3, 0.4) is 0 Å². The Hall–Kier alpha value is -1.90. The van der Waals surface area contributed by atoms with Gasteiger partial charge in [-0.25, -0.2) is 10.4 Å². The lowest BCUT2D eigenvalue weighted by Gasteiger charge is -2.16. The highest BCUT2D eigenvalue weighted by atomic mass is 32.1. The minimum atomic E-state index is -0.336. The molecule has 0 aliphatic carbocycles. The molecule has 0 radical (unpaired) electrons. The van der Waals surface area contributed by atoms with Crippen molar-refractivity contribution in [3.05, 3.63) is 28.2 Å². The van der Waals surface area contributed by atoms with Crippen molar-refractivity contribution < 1.29 is 14.2 Å². The summed E-state index contributed by atoms with van der Waals surface area (Å²) in [6, 6.07) is 1.55. The second-order valence-electron chi connectivity index (χ2n) is 3.80. The molecule has 2 heterocycles. The number of methoxy groups -OCH3 is 3. The van der Waals surface area contributed by atoms with Crippen LogP contribution < -0.4 is 25.5 Å². The Bertz CT molecular complexity index is 576. The first-order valence-electron chi connectivity index (χ1n) is 5.77. The Morgan fingerprint density at radius 2 is 2.05 bits per heavy atom. The second kappa shape index (κ2) is 6.51. The highest BCUT2D eigenvalue weighted by molar-refractivity contribution is 7.10. The number of rotatable bonds is 6. The normalized spacial score (nSPS) is 12.0. The molecular weight excluding hydrogens is 280 g/mol. The maximum Gasteiger partial charge on any atom is 0.240 e. The monoisotopic (exact) mass is 296 g/mol. The number of nitrogens with one attached hydrogen (secondary N) is 1. The van der Waals surface area contributed by atoms with Gasteiger partial charge in [0.05, 0.1) is 27.5 Å². The second-order valence-corrected chi connectivity index (χ2v) is 4.74. The maximum atomic E-state index is 5.64. The lowest BCUT2D eigenvalue weighted by Crippen LogP contribution is -2.29. The molecule has 20 heavy (non-hydrogen) atoms. The first-order chi connectivity index (χ1) is 9.73. The van der Waals surface area contributed by atoms with Crippen molar-refractivity contribution in [1.29, 1.82) is 0 Å².